The second-order valence-corrected chi connectivity index (χ2v) is 9.28. The van der Waals surface area contributed by atoms with Crippen molar-refractivity contribution in [3.8, 4) is 0 Å². The highest BCUT2D eigenvalue weighted by Gasteiger charge is 2.39. The number of nitrogens with zero attached hydrogens (tertiary/aromatic N) is 2. The maximum Gasteiger partial charge on any atom is 0.246 e. The quantitative estimate of drug-likeness (QED) is 0.732. The Labute approximate surface area is 142 Å². The molecule has 2 atom stereocenters. The van der Waals surface area contributed by atoms with Gasteiger partial charge in [-0.15, -0.1) is 0 Å². The fourth-order valence-corrected chi connectivity index (χ4v) is 6.33. The van der Waals surface area contributed by atoms with Gasteiger partial charge in [0.15, 0.2) is 0 Å². The number of sulfonamides is 1. The molecule has 0 bridgehead atoms. The van der Waals surface area contributed by atoms with Crippen molar-refractivity contribution in [1.29, 1.82) is 0 Å². The molecule has 0 aromatic heterocycles. The predicted octanol–water partition coefficient (Wildman–Crippen LogP) is 2.36. The van der Waals surface area contributed by atoms with E-state index in [9.17, 15) is 8.42 Å². The van der Waals surface area contributed by atoms with E-state index in [1.54, 1.807) is 12.1 Å². The second kappa shape index (κ2) is 6.16. The maximum absolute atomic E-state index is 12.9. The van der Waals surface area contributed by atoms with Crippen molar-refractivity contribution in [2.75, 3.05) is 32.9 Å². The fourth-order valence-electron chi connectivity index (χ4n) is 2.76. The zero-order valence-electron chi connectivity index (χ0n) is 12.2. The molecule has 2 rings (SSSR count). The van der Waals surface area contributed by atoms with E-state index in [2.05, 4.69) is 43.7 Å². The summed E-state index contributed by atoms with van der Waals surface area (Å²) in [6, 6.07) is 3.53. The third-order valence-electron chi connectivity index (χ3n) is 3.84. The summed E-state index contributed by atoms with van der Waals surface area (Å²) in [5, 5.41) is 0. The molecule has 1 aliphatic heterocycles. The molecule has 1 fully saturated rings. The van der Waals surface area contributed by atoms with Crippen LogP contribution in [0.5, 0.6) is 0 Å². The number of nitrogen functional groups attached to an aromatic ring is 1. The minimum Gasteiger partial charge on any atom is -0.398 e. The molecule has 0 aliphatic carbocycles. The largest absolute Gasteiger partial charge is 0.398 e. The van der Waals surface area contributed by atoms with Gasteiger partial charge in [0, 0.05) is 28.1 Å². The Morgan fingerprint density at radius 2 is 1.90 bits per heavy atom. The third kappa shape index (κ3) is 3.29. The molecule has 2 unspecified atom stereocenters. The number of nitrogens with two attached hydrogens (primary N) is 1. The number of rotatable bonds is 3. The number of anilines is 1. The van der Waals surface area contributed by atoms with Crippen molar-refractivity contribution in [3.05, 3.63) is 21.1 Å². The molecule has 118 valence electrons. The Morgan fingerprint density at radius 3 is 2.38 bits per heavy atom. The SMILES string of the molecule is CC1CN(S(=O)(=O)c2c(N)cc(Br)cc2Br)CC1N(C)C. The lowest BCUT2D eigenvalue weighted by Gasteiger charge is -2.22. The fraction of sp³-hybridized carbons (Fsp3) is 0.538. The summed E-state index contributed by atoms with van der Waals surface area (Å²) < 4.78 is 28.5. The van der Waals surface area contributed by atoms with Crippen LogP contribution in [0.3, 0.4) is 0 Å². The van der Waals surface area contributed by atoms with Gasteiger partial charge in [0.1, 0.15) is 4.90 Å². The van der Waals surface area contributed by atoms with Crippen molar-refractivity contribution in [2.24, 2.45) is 5.92 Å². The number of halogens is 2. The summed E-state index contributed by atoms with van der Waals surface area (Å²) in [6.07, 6.45) is 0. The number of benzene rings is 1. The van der Waals surface area contributed by atoms with E-state index in [1.807, 2.05) is 14.1 Å². The summed E-state index contributed by atoms with van der Waals surface area (Å²) in [5.74, 6) is 0.283. The number of likely N-dealkylation sites (N-methyl/N-ethyl adjacent to an activating group) is 1. The van der Waals surface area contributed by atoms with Crippen molar-refractivity contribution >= 4 is 47.6 Å². The lowest BCUT2D eigenvalue weighted by molar-refractivity contribution is 0.263. The number of hydrogen-bond donors (Lipinski definition) is 1. The van der Waals surface area contributed by atoms with E-state index in [0.29, 0.717) is 17.6 Å². The Balaban J connectivity index is 2.41. The minimum absolute atomic E-state index is 0.150. The summed E-state index contributed by atoms with van der Waals surface area (Å²) >= 11 is 6.62. The Hall–Kier alpha value is -0.150. The molecular weight excluding hydrogens is 422 g/mol. The summed E-state index contributed by atoms with van der Waals surface area (Å²) in [5.41, 5.74) is 6.18. The average Bonchev–Trinajstić information content (AvgIpc) is 2.70. The average molecular weight is 441 g/mol. The Bertz CT molecular complexity index is 626. The molecule has 1 aromatic rings. The second-order valence-electron chi connectivity index (χ2n) is 5.64. The normalized spacial score (nSPS) is 23.9. The van der Waals surface area contributed by atoms with Crippen LogP contribution in [0.25, 0.3) is 0 Å². The van der Waals surface area contributed by atoms with Crippen molar-refractivity contribution in [3.63, 3.8) is 0 Å². The first-order valence-corrected chi connectivity index (χ1v) is 9.58. The van der Waals surface area contributed by atoms with Gasteiger partial charge in [-0.3, -0.25) is 0 Å². The highest BCUT2D eigenvalue weighted by atomic mass is 79.9. The van der Waals surface area contributed by atoms with Crippen LogP contribution in [0, 0.1) is 5.92 Å². The molecule has 0 saturated carbocycles. The lowest BCUT2D eigenvalue weighted by atomic mass is 10.1. The zero-order chi connectivity index (χ0) is 15.9. The van der Waals surface area contributed by atoms with Gasteiger partial charge in [-0.05, 0) is 48.1 Å². The van der Waals surface area contributed by atoms with Crippen LogP contribution in [0.1, 0.15) is 6.92 Å². The highest BCUT2D eigenvalue weighted by Crippen LogP contribution is 2.35. The van der Waals surface area contributed by atoms with Gasteiger partial charge in [0.05, 0.1) is 5.69 Å². The Morgan fingerprint density at radius 1 is 1.29 bits per heavy atom. The van der Waals surface area contributed by atoms with E-state index in [1.165, 1.54) is 4.31 Å². The van der Waals surface area contributed by atoms with Crippen LogP contribution in [0.2, 0.25) is 0 Å². The predicted molar refractivity (Wildman–Crippen MR) is 91.7 cm³/mol. The molecule has 1 saturated heterocycles. The summed E-state index contributed by atoms with van der Waals surface area (Å²) in [4.78, 5) is 2.22. The van der Waals surface area contributed by atoms with Gasteiger partial charge in [0.25, 0.3) is 0 Å². The van der Waals surface area contributed by atoms with Gasteiger partial charge in [-0.2, -0.15) is 4.31 Å². The molecule has 21 heavy (non-hydrogen) atoms. The number of hydrogen-bond acceptors (Lipinski definition) is 4. The third-order valence-corrected chi connectivity index (χ3v) is 7.13. The van der Waals surface area contributed by atoms with E-state index >= 15 is 0 Å². The topological polar surface area (TPSA) is 66.6 Å². The monoisotopic (exact) mass is 439 g/mol. The molecule has 5 nitrogen and oxygen atoms in total. The first-order valence-electron chi connectivity index (χ1n) is 6.55. The maximum atomic E-state index is 12.9. The molecular formula is C13H19Br2N3O2S. The van der Waals surface area contributed by atoms with Crippen LogP contribution in [0.15, 0.2) is 26.0 Å². The van der Waals surface area contributed by atoms with Crippen molar-refractivity contribution in [1.82, 2.24) is 9.21 Å². The highest BCUT2D eigenvalue weighted by molar-refractivity contribution is 9.11. The first-order chi connectivity index (χ1) is 9.64. The van der Waals surface area contributed by atoms with E-state index in [4.69, 9.17) is 5.73 Å². The zero-order valence-corrected chi connectivity index (χ0v) is 16.2. The summed E-state index contributed by atoms with van der Waals surface area (Å²) in [7, 11) is 0.345. The van der Waals surface area contributed by atoms with Gasteiger partial charge >= 0.3 is 0 Å². The Kier molecular flexibility index (Phi) is 5.04. The van der Waals surface area contributed by atoms with Gasteiger partial charge < -0.3 is 10.6 Å². The molecule has 0 radical (unpaired) electrons. The van der Waals surface area contributed by atoms with Crippen LogP contribution in [-0.4, -0.2) is 50.8 Å². The molecule has 0 spiro atoms. The molecule has 0 amide bonds. The van der Waals surface area contributed by atoms with E-state index in [-0.39, 0.29) is 22.5 Å². The molecule has 1 aliphatic rings. The standard InChI is InChI=1S/C13H19Br2N3O2S/c1-8-6-18(7-12(8)17(2)3)21(19,20)13-10(15)4-9(14)5-11(13)16/h4-5,8,12H,6-7,16H2,1-3H3. The van der Waals surface area contributed by atoms with Gasteiger partial charge in [-0.1, -0.05) is 22.9 Å². The van der Waals surface area contributed by atoms with Crippen LogP contribution in [-0.2, 0) is 10.0 Å². The lowest BCUT2D eigenvalue weighted by Crippen LogP contribution is -2.36. The van der Waals surface area contributed by atoms with Crippen LogP contribution >= 0.6 is 31.9 Å². The van der Waals surface area contributed by atoms with Gasteiger partial charge in [-0.25, -0.2) is 8.42 Å². The summed E-state index contributed by atoms with van der Waals surface area (Å²) in [6.45, 7) is 3.06. The van der Waals surface area contributed by atoms with E-state index < -0.39 is 10.0 Å². The van der Waals surface area contributed by atoms with Crippen LogP contribution < -0.4 is 5.73 Å². The van der Waals surface area contributed by atoms with Crippen LogP contribution in [0.4, 0.5) is 5.69 Å². The molecule has 1 aromatic carbocycles. The smallest absolute Gasteiger partial charge is 0.246 e. The van der Waals surface area contributed by atoms with Gasteiger partial charge in [0.2, 0.25) is 10.0 Å². The minimum atomic E-state index is -3.60. The molecule has 8 heteroatoms. The first kappa shape index (κ1) is 17.2. The van der Waals surface area contributed by atoms with Crippen molar-refractivity contribution in [2.45, 2.75) is 17.9 Å². The molecule has 1 heterocycles. The van der Waals surface area contributed by atoms with Crippen molar-refractivity contribution < 1.29 is 8.42 Å². The van der Waals surface area contributed by atoms with E-state index in [0.717, 1.165) is 4.47 Å². The molecule has 2 N–H and O–H groups in total.